The van der Waals surface area contributed by atoms with Gasteiger partial charge in [-0.3, -0.25) is 9.59 Å². The first-order valence-corrected chi connectivity index (χ1v) is 7.46. The Morgan fingerprint density at radius 1 is 1.42 bits per heavy atom. The molecule has 1 aromatic heterocycles. The molecule has 1 aromatic rings. The molecule has 2 heterocycles. The number of aromatic nitrogens is 2. The number of alkyl halides is 3. The number of primary amides is 1. The van der Waals surface area contributed by atoms with Gasteiger partial charge in [0.05, 0.1) is 0 Å². The number of amides is 2. The Balaban J connectivity index is 2.00. The molecule has 9 nitrogen and oxygen atoms in total. The molecule has 1 saturated heterocycles. The highest BCUT2D eigenvalue weighted by Crippen LogP contribution is 2.26. The van der Waals surface area contributed by atoms with Crippen molar-refractivity contribution in [1.29, 1.82) is 0 Å². The molecule has 2 atom stereocenters. The van der Waals surface area contributed by atoms with Gasteiger partial charge in [-0.2, -0.15) is 18.2 Å². The van der Waals surface area contributed by atoms with Crippen LogP contribution in [0.2, 0.25) is 0 Å². The van der Waals surface area contributed by atoms with E-state index in [1.165, 1.54) is 0 Å². The third kappa shape index (κ3) is 5.29. The summed E-state index contributed by atoms with van der Waals surface area (Å²) in [5.74, 6) is -3.50. The van der Waals surface area contributed by atoms with E-state index >= 15 is 0 Å². The normalized spacial score (nSPS) is 18.1. The van der Waals surface area contributed by atoms with Gasteiger partial charge in [-0.1, -0.05) is 0 Å². The first kappa shape index (κ1) is 19.4. The van der Waals surface area contributed by atoms with E-state index in [9.17, 15) is 27.6 Å². The topological polar surface area (TPSA) is 134 Å². The maximum Gasteiger partial charge on any atom is 0.451 e. The molecule has 1 aliphatic heterocycles. The van der Waals surface area contributed by atoms with Crippen molar-refractivity contribution in [2.75, 3.05) is 13.2 Å². The van der Waals surface area contributed by atoms with Gasteiger partial charge < -0.3 is 20.5 Å². The summed E-state index contributed by atoms with van der Waals surface area (Å²) < 4.78 is 47.3. The van der Waals surface area contributed by atoms with Crippen LogP contribution in [0.3, 0.4) is 0 Å². The van der Waals surface area contributed by atoms with E-state index in [0.29, 0.717) is 13.0 Å². The highest BCUT2D eigenvalue weighted by molar-refractivity contribution is 5.88. The molecule has 0 bridgehead atoms. The lowest BCUT2D eigenvalue weighted by atomic mass is 9.98. The van der Waals surface area contributed by atoms with Gasteiger partial charge >= 0.3 is 12.3 Å². The molecule has 26 heavy (non-hydrogen) atoms. The molecule has 0 saturated carbocycles. The fourth-order valence-electron chi connectivity index (χ4n) is 2.31. The summed E-state index contributed by atoms with van der Waals surface area (Å²) in [6.45, 7) is -0.292. The summed E-state index contributed by atoms with van der Waals surface area (Å²) in [4.78, 5) is 40.9. The molecule has 0 aromatic carbocycles. The smallest absolute Gasteiger partial charge is 0.451 e. The molecular formula is C14H15F3N4O5. The third-order valence-corrected chi connectivity index (χ3v) is 3.52. The van der Waals surface area contributed by atoms with Crippen LogP contribution >= 0.6 is 0 Å². The van der Waals surface area contributed by atoms with Gasteiger partial charge in [-0.25, -0.2) is 9.78 Å². The van der Waals surface area contributed by atoms with Crippen LogP contribution in [0.1, 0.15) is 18.7 Å². The number of nitrogens with one attached hydrogen (secondary N) is 1. The van der Waals surface area contributed by atoms with Crippen LogP contribution in [0.5, 0.6) is 5.88 Å². The monoisotopic (exact) mass is 376 g/mol. The fraction of sp³-hybridized carbons (Fsp3) is 0.500. The number of ether oxygens (including phenoxy) is 2. The summed E-state index contributed by atoms with van der Waals surface area (Å²) >= 11 is 0. The van der Waals surface area contributed by atoms with Crippen LogP contribution < -0.4 is 15.8 Å². The van der Waals surface area contributed by atoms with Crippen LogP contribution in [0.15, 0.2) is 12.3 Å². The zero-order chi connectivity index (χ0) is 19.3. The number of nitrogens with zero attached hydrogens (tertiary/aromatic N) is 2. The minimum absolute atomic E-state index is 0.103. The lowest BCUT2D eigenvalue weighted by molar-refractivity contribution is -0.145. The van der Waals surface area contributed by atoms with Gasteiger partial charge in [0.1, 0.15) is 0 Å². The van der Waals surface area contributed by atoms with Crippen LogP contribution in [0.25, 0.3) is 0 Å². The number of rotatable bonds is 7. The summed E-state index contributed by atoms with van der Waals surface area (Å²) in [7, 11) is 0. The SMILES string of the molecule is NC(=O)OC(CC1CCNC1=O)C(=O)COc1ccnc(C(F)(F)F)n1. The van der Waals surface area contributed by atoms with E-state index in [1.54, 1.807) is 0 Å². The lowest BCUT2D eigenvalue weighted by Gasteiger charge is -2.18. The number of hydrogen-bond acceptors (Lipinski definition) is 7. The second kappa shape index (κ2) is 7.97. The van der Waals surface area contributed by atoms with Crippen LogP contribution in [0, 0.1) is 5.92 Å². The van der Waals surface area contributed by atoms with Crippen molar-refractivity contribution in [3.8, 4) is 5.88 Å². The van der Waals surface area contributed by atoms with Gasteiger partial charge in [0, 0.05) is 31.1 Å². The van der Waals surface area contributed by atoms with Crippen molar-refractivity contribution in [2.45, 2.75) is 25.1 Å². The number of nitrogens with two attached hydrogens (primary N) is 1. The summed E-state index contributed by atoms with van der Waals surface area (Å²) in [6.07, 6.45) is -6.17. The molecule has 0 spiro atoms. The number of carbonyl (C=O) groups excluding carboxylic acids is 3. The van der Waals surface area contributed by atoms with Crippen molar-refractivity contribution in [3.63, 3.8) is 0 Å². The number of ketones is 1. The number of halogens is 3. The Hall–Kier alpha value is -2.92. The second-order valence-electron chi connectivity index (χ2n) is 5.41. The first-order valence-electron chi connectivity index (χ1n) is 7.46. The van der Waals surface area contributed by atoms with Crippen LogP contribution in [0.4, 0.5) is 18.0 Å². The zero-order valence-electron chi connectivity index (χ0n) is 13.3. The van der Waals surface area contributed by atoms with Crippen molar-refractivity contribution in [3.05, 3.63) is 18.1 Å². The minimum Gasteiger partial charge on any atom is -0.469 e. The fourth-order valence-corrected chi connectivity index (χ4v) is 2.31. The molecule has 2 amide bonds. The molecule has 2 rings (SSSR count). The Morgan fingerprint density at radius 2 is 2.15 bits per heavy atom. The number of hydrogen-bond donors (Lipinski definition) is 2. The average molecular weight is 376 g/mol. The molecule has 1 fully saturated rings. The Bertz CT molecular complexity index is 697. The van der Waals surface area contributed by atoms with E-state index in [0.717, 1.165) is 12.3 Å². The van der Waals surface area contributed by atoms with E-state index in [4.69, 9.17) is 15.2 Å². The summed E-state index contributed by atoms with van der Waals surface area (Å²) in [5.41, 5.74) is 4.91. The maximum atomic E-state index is 12.5. The van der Waals surface area contributed by atoms with Crippen LogP contribution in [-0.4, -0.2) is 47.0 Å². The standard InChI is InChI=1S/C14H15F3N4O5/c15-14(16,17)12-20-4-2-10(21-12)25-6-8(22)9(26-13(18)24)5-7-1-3-19-11(7)23/h2,4,7,9H,1,3,5-6H2,(H2,18,24)(H,19,23). The third-order valence-electron chi connectivity index (χ3n) is 3.52. The van der Waals surface area contributed by atoms with Gasteiger partial charge in [-0.05, 0) is 6.42 Å². The minimum atomic E-state index is -4.77. The highest BCUT2D eigenvalue weighted by atomic mass is 19.4. The lowest BCUT2D eigenvalue weighted by Crippen LogP contribution is -2.36. The Labute approximate surface area is 145 Å². The number of carbonyl (C=O) groups is 3. The number of Topliss-reactive ketones (excluding diaryl/α,β-unsaturated/α-hetero) is 1. The van der Waals surface area contributed by atoms with Gasteiger partial charge in [0.25, 0.3) is 0 Å². The van der Waals surface area contributed by atoms with Gasteiger partial charge in [0.15, 0.2) is 12.7 Å². The highest BCUT2D eigenvalue weighted by Gasteiger charge is 2.35. The van der Waals surface area contributed by atoms with Gasteiger partial charge in [0.2, 0.25) is 23.4 Å². The van der Waals surface area contributed by atoms with E-state index in [1.807, 2.05) is 0 Å². The Morgan fingerprint density at radius 3 is 2.73 bits per heavy atom. The van der Waals surface area contributed by atoms with E-state index < -0.39 is 48.4 Å². The molecular weight excluding hydrogens is 361 g/mol. The predicted octanol–water partition coefficient (Wildman–Crippen LogP) is 0.433. The molecule has 12 heteroatoms. The van der Waals surface area contributed by atoms with E-state index in [-0.39, 0.29) is 12.3 Å². The zero-order valence-corrected chi connectivity index (χ0v) is 13.3. The maximum absolute atomic E-state index is 12.5. The first-order chi connectivity index (χ1) is 12.2. The van der Waals surface area contributed by atoms with Crippen LogP contribution in [-0.2, 0) is 20.5 Å². The van der Waals surface area contributed by atoms with Crippen molar-refractivity contribution < 1.29 is 37.0 Å². The van der Waals surface area contributed by atoms with Gasteiger partial charge in [-0.15, -0.1) is 0 Å². The van der Waals surface area contributed by atoms with Crippen molar-refractivity contribution in [1.82, 2.24) is 15.3 Å². The van der Waals surface area contributed by atoms with Crippen molar-refractivity contribution >= 4 is 17.8 Å². The predicted molar refractivity (Wildman–Crippen MR) is 77.7 cm³/mol. The summed E-state index contributed by atoms with van der Waals surface area (Å²) in [5, 5.41) is 2.57. The Kier molecular flexibility index (Phi) is 5.95. The molecule has 1 aliphatic rings. The molecule has 0 radical (unpaired) electrons. The quantitative estimate of drug-likeness (QED) is 0.705. The summed E-state index contributed by atoms with van der Waals surface area (Å²) in [6, 6.07) is 1.04. The molecule has 3 N–H and O–H groups in total. The molecule has 142 valence electrons. The van der Waals surface area contributed by atoms with E-state index in [2.05, 4.69) is 15.3 Å². The largest absolute Gasteiger partial charge is 0.469 e. The average Bonchev–Trinajstić information content (AvgIpc) is 2.96. The van der Waals surface area contributed by atoms with Crippen molar-refractivity contribution in [2.24, 2.45) is 11.7 Å². The molecule has 2 unspecified atom stereocenters. The second-order valence-corrected chi connectivity index (χ2v) is 5.41. The molecule has 0 aliphatic carbocycles.